The van der Waals surface area contributed by atoms with Gasteiger partial charge in [0.25, 0.3) is 0 Å². The van der Waals surface area contributed by atoms with Gasteiger partial charge in [-0.05, 0) is 30.7 Å². The zero-order chi connectivity index (χ0) is 13.8. The molecule has 0 amide bonds. The number of hydrogen-bond donors (Lipinski definition) is 0. The lowest BCUT2D eigenvalue weighted by Gasteiger charge is -2.09. The molecule has 2 rings (SSSR count). The van der Waals surface area contributed by atoms with Crippen molar-refractivity contribution in [2.24, 2.45) is 0 Å². The van der Waals surface area contributed by atoms with Crippen LogP contribution in [0.5, 0.6) is 5.75 Å². The molecule has 19 heavy (non-hydrogen) atoms. The van der Waals surface area contributed by atoms with Gasteiger partial charge in [0.05, 0.1) is 5.02 Å². The van der Waals surface area contributed by atoms with Gasteiger partial charge in [-0.2, -0.15) is 0 Å². The monoisotopic (exact) mass is 338 g/mol. The quantitative estimate of drug-likeness (QED) is 0.757. The van der Waals surface area contributed by atoms with Crippen LogP contribution in [0.4, 0.5) is 0 Å². The molecule has 0 unspecified atom stereocenters. The number of carbonyl (C=O) groups excluding carboxylic acids is 1. The van der Waals surface area contributed by atoms with E-state index in [1.54, 1.807) is 18.2 Å². The molecule has 98 valence electrons. The molecule has 2 nitrogen and oxygen atoms in total. The van der Waals surface area contributed by atoms with Crippen LogP contribution in [-0.2, 0) is 0 Å². The van der Waals surface area contributed by atoms with Crippen molar-refractivity contribution in [1.29, 1.82) is 0 Å². The number of carbonyl (C=O) groups is 1. The molecule has 2 aromatic carbocycles. The Bertz CT molecular complexity index is 611. The van der Waals surface area contributed by atoms with E-state index in [1.807, 2.05) is 31.2 Å². The summed E-state index contributed by atoms with van der Waals surface area (Å²) in [6.07, 6.45) is 0. The van der Waals surface area contributed by atoms with Crippen molar-refractivity contribution in [2.45, 2.75) is 6.92 Å². The minimum absolute atomic E-state index is 0.0216. The summed E-state index contributed by atoms with van der Waals surface area (Å²) in [5, 5.41) is 0.479. The van der Waals surface area contributed by atoms with E-state index in [-0.39, 0.29) is 12.4 Å². The third-order valence-electron chi connectivity index (χ3n) is 2.70. The van der Waals surface area contributed by atoms with E-state index in [1.165, 1.54) is 0 Å². The van der Waals surface area contributed by atoms with Crippen molar-refractivity contribution in [2.75, 3.05) is 6.61 Å². The smallest absolute Gasteiger partial charge is 0.200 e. The first-order valence-electron chi connectivity index (χ1n) is 5.74. The Labute approximate surface area is 125 Å². The molecule has 0 aliphatic carbocycles. The Kier molecular flexibility index (Phi) is 4.61. The molecular formula is C15H12BrClO2. The lowest BCUT2D eigenvalue weighted by molar-refractivity contribution is 0.0921. The molecule has 0 atom stereocenters. The van der Waals surface area contributed by atoms with Crippen LogP contribution in [-0.4, -0.2) is 12.4 Å². The molecule has 0 saturated carbocycles. The van der Waals surface area contributed by atoms with Gasteiger partial charge < -0.3 is 4.74 Å². The van der Waals surface area contributed by atoms with Gasteiger partial charge in [-0.3, -0.25) is 4.79 Å². The lowest BCUT2D eigenvalue weighted by atomic mass is 10.1. The van der Waals surface area contributed by atoms with Crippen molar-refractivity contribution in [1.82, 2.24) is 0 Å². The zero-order valence-electron chi connectivity index (χ0n) is 10.3. The molecule has 0 fully saturated rings. The molecule has 0 spiro atoms. The van der Waals surface area contributed by atoms with Crippen LogP contribution < -0.4 is 4.74 Å². The molecule has 0 radical (unpaired) electrons. The third kappa shape index (κ3) is 3.58. The Morgan fingerprint density at radius 3 is 2.68 bits per heavy atom. The summed E-state index contributed by atoms with van der Waals surface area (Å²) in [4.78, 5) is 12.0. The van der Waals surface area contributed by atoms with Gasteiger partial charge in [0, 0.05) is 10.0 Å². The Balaban J connectivity index is 2.07. The SMILES string of the molecule is Cc1ccccc1C(=O)COc1ccc(Br)cc1Cl. The number of rotatable bonds is 4. The average Bonchev–Trinajstić information content (AvgIpc) is 2.38. The maximum atomic E-state index is 12.0. The van der Waals surface area contributed by atoms with Crippen LogP contribution in [0.2, 0.25) is 5.02 Å². The van der Waals surface area contributed by atoms with E-state index in [9.17, 15) is 4.79 Å². The number of Topliss-reactive ketones (excluding diaryl/α,β-unsaturated/α-hetero) is 1. The first-order chi connectivity index (χ1) is 9.08. The first kappa shape index (κ1) is 14.1. The number of ketones is 1. The van der Waals surface area contributed by atoms with Gasteiger partial charge in [-0.15, -0.1) is 0 Å². The van der Waals surface area contributed by atoms with E-state index >= 15 is 0 Å². The fourth-order valence-electron chi connectivity index (χ4n) is 1.70. The van der Waals surface area contributed by atoms with Gasteiger partial charge in [-0.25, -0.2) is 0 Å². The minimum atomic E-state index is -0.0583. The van der Waals surface area contributed by atoms with Gasteiger partial charge in [0.2, 0.25) is 0 Å². The molecule has 4 heteroatoms. The van der Waals surface area contributed by atoms with Crippen LogP contribution in [0.1, 0.15) is 15.9 Å². The molecular weight excluding hydrogens is 328 g/mol. The maximum absolute atomic E-state index is 12.0. The molecule has 0 aliphatic heterocycles. The van der Waals surface area contributed by atoms with Crippen LogP contribution in [0.25, 0.3) is 0 Å². The predicted octanol–water partition coefficient (Wildman–Crippen LogP) is 4.67. The number of benzene rings is 2. The van der Waals surface area contributed by atoms with Crippen molar-refractivity contribution in [3.63, 3.8) is 0 Å². The van der Waals surface area contributed by atoms with E-state index in [4.69, 9.17) is 16.3 Å². The van der Waals surface area contributed by atoms with E-state index in [0.29, 0.717) is 16.3 Å². The highest BCUT2D eigenvalue weighted by atomic mass is 79.9. The second kappa shape index (κ2) is 6.22. The fourth-order valence-corrected chi connectivity index (χ4v) is 2.43. The highest BCUT2D eigenvalue weighted by Crippen LogP contribution is 2.27. The summed E-state index contributed by atoms with van der Waals surface area (Å²) in [6.45, 7) is 1.88. The normalized spacial score (nSPS) is 10.3. The number of hydrogen-bond acceptors (Lipinski definition) is 2. The highest BCUT2D eigenvalue weighted by Gasteiger charge is 2.10. The molecule has 2 aromatic rings. The summed E-state index contributed by atoms with van der Waals surface area (Å²) in [5.74, 6) is 0.448. The Hall–Kier alpha value is -1.32. The topological polar surface area (TPSA) is 26.3 Å². The largest absolute Gasteiger partial charge is 0.484 e. The van der Waals surface area contributed by atoms with E-state index in [0.717, 1.165) is 10.0 Å². The van der Waals surface area contributed by atoms with Crippen molar-refractivity contribution < 1.29 is 9.53 Å². The highest BCUT2D eigenvalue weighted by molar-refractivity contribution is 9.10. The molecule has 0 aromatic heterocycles. The van der Waals surface area contributed by atoms with Gasteiger partial charge in [0.1, 0.15) is 5.75 Å². The second-order valence-electron chi connectivity index (χ2n) is 4.10. The predicted molar refractivity (Wildman–Crippen MR) is 80.2 cm³/mol. The van der Waals surface area contributed by atoms with Gasteiger partial charge in [0.15, 0.2) is 12.4 Å². The van der Waals surface area contributed by atoms with Gasteiger partial charge >= 0.3 is 0 Å². The van der Waals surface area contributed by atoms with Crippen molar-refractivity contribution >= 4 is 33.3 Å². The molecule has 0 N–H and O–H groups in total. The van der Waals surface area contributed by atoms with Crippen LogP contribution >= 0.6 is 27.5 Å². The Morgan fingerprint density at radius 1 is 1.26 bits per heavy atom. The first-order valence-corrected chi connectivity index (χ1v) is 6.91. The number of halogens is 2. The lowest BCUT2D eigenvalue weighted by Crippen LogP contribution is -2.12. The summed E-state index contributed by atoms with van der Waals surface area (Å²) < 4.78 is 6.33. The molecule has 0 heterocycles. The minimum Gasteiger partial charge on any atom is -0.484 e. The number of ether oxygens (including phenoxy) is 1. The zero-order valence-corrected chi connectivity index (χ0v) is 12.7. The molecule has 0 saturated heterocycles. The van der Waals surface area contributed by atoms with Crippen LogP contribution in [0, 0.1) is 6.92 Å². The Morgan fingerprint density at radius 2 is 2.00 bits per heavy atom. The van der Waals surface area contributed by atoms with E-state index < -0.39 is 0 Å². The summed E-state index contributed by atoms with van der Waals surface area (Å²) >= 11 is 9.34. The molecule has 0 aliphatic rings. The standard InChI is InChI=1S/C15H12BrClO2/c1-10-4-2-3-5-12(10)14(18)9-19-15-7-6-11(16)8-13(15)17/h2-8H,9H2,1H3. The summed E-state index contributed by atoms with van der Waals surface area (Å²) in [6, 6.07) is 12.7. The summed E-state index contributed by atoms with van der Waals surface area (Å²) in [5.41, 5.74) is 1.62. The summed E-state index contributed by atoms with van der Waals surface area (Å²) in [7, 11) is 0. The second-order valence-corrected chi connectivity index (χ2v) is 5.42. The fraction of sp³-hybridized carbons (Fsp3) is 0.133. The number of aryl methyl sites for hydroxylation is 1. The van der Waals surface area contributed by atoms with E-state index in [2.05, 4.69) is 15.9 Å². The van der Waals surface area contributed by atoms with Crippen LogP contribution in [0.3, 0.4) is 0 Å². The van der Waals surface area contributed by atoms with Crippen molar-refractivity contribution in [3.05, 3.63) is 63.1 Å². The van der Waals surface area contributed by atoms with Crippen LogP contribution in [0.15, 0.2) is 46.9 Å². The average molecular weight is 340 g/mol. The maximum Gasteiger partial charge on any atom is 0.200 e. The molecule has 0 bridgehead atoms. The van der Waals surface area contributed by atoms with Gasteiger partial charge in [-0.1, -0.05) is 51.8 Å². The third-order valence-corrected chi connectivity index (χ3v) is 3.49. The van der Waals surface area contributed by atoms with Crippen molar-refractivity contribution in [3.8, 4) is 5.75 Å².